The highest BCUT2D eigenvalue weighted by atomic mass is 14.9. The van der Waals surface area contributed by atoms with Gasteiger partial charge in [-0.1, -0.05) is 140 Å². The van der Waals surface area contributed by atoms with Gasteiger partial charge in [-0.05, 0) is 66.7 Å². The second kappa shape index (κ2) is 10.1. The highest BCUT2D eigenvalue weighted by Gasteiger charge is 2.15. The van der Waals surface area contributed by atoms with Crippen LogP contribution in [0, 0.1) is 0 Å². The van der Waals surface area contributed by atoms with Gasteiger partial charge in [0.15, 0.2) is 5.82 Å². The molecule has 0 atom stereocenters. The van der Waals surface area contributed by atoms with Crippen molar-refractivity contribution in [2.75, 3.05) is 0 Å². The third-order valence-corrected chi connectivity index (χ3v) is 8.16. The van der Waals surface area contributed by atoms with Gasteiger partial charge < -0.3 is 0 Å². The molecule has 2 heteroatoms. The van der Waals surface area contributed by atoms with Crippen LogP contribution < -0.4 is 0 Å². The Morgan fingerprint density at radius 2 is 0.833 bits per heavy atom. The third kappa shape index (κ3) is 4.05. The van der Waals surface area contributed by atoms with Crippen LogP contribution in [0.3, 0.4) is 0 Å². The highest BCUT2D eigenvalue weighted by Crippen LogP contribution is 2.41. The summed E-state index contributed by atoms with van der Waals surface area (Å²) in [6.45, 7) is 0. The lowest BCUT2D eigenvalue weighted by molar-refractivity contribution is 1.18. The zero-order valence-corrected chi connectivity index (χ0v) is 22.9. The normalized spacial score (nSPS) is 11.3. The van der Waals surface area contributed by atoms with Crippen molar-refractivity contribution < 1.29 is 0 Å². The first-order valence-corrected chi connectivity index (χ1v) is 14.3. The van der Waals surface area contributed by atoms with Gasteiger partial charge in [0.25, 0.3) is 0 Å². The monoisotopic (exact) mass is 534 g/mol. The maximum absolute atomic E-state index is 4.99. The molecule has 1 heterocycles. The molecule has 2 nitrogen and oxygen atoms in total. The van der Waals surface area contributed by atoms with E-state index in [1.54, 1.807) is 0 Å². The SMILES string of the molecule is c1ccc(-c2nccc(-c3ccccc3-c3ccccc3-c3ccc4c5ccccc5c5ccccc5c4c3)n2)cc1. The summed E-state index contributed by atoms with van der Waals surface area (Å²) in [6.07, 6.45) is 1.85. The van der Waals surface area contributed by atoms with E-state index in [9.17, 15) is 0 Å². The quantitative estimate of drug-likeness (QED) is 0.210. The fourth-order valence-corrected chi connectivity index (χ4v) is 6.22. The first kappa shape index (κ1) is 24.2. The number of hydrogen-bond donors (Lipinski definition) is 0. The lowest BCUT2D eigenvalue weighted by Gasteiger charge is -2.16. The van der Waals surface area contributed by atoms with Gasteiger partial charge in [-0.15, -0.1) is 0 Å². The molecule has 0 N–H and O–H groups in total. The Morgan fingerprint density at radius 1 is 0.333 bits per heavy atom. The number of rotatable bonds is 4. The van der Waals surface area contributed by atoms with Crippen molar-refractivity contribution in [3.05, 3.63) is 158 Å². The maximum Gasteiger partial charge on any atom is 0.159 e. The molecule has 8 aromatic rings. The number of hydrogen-bond acceptors (Lipinski definition) is 2. The summed E-state index contributed by atoms with van der Waals surface area (Å²) < 4.78 is 0. The first-order valence-electron chi connectivity index (χ1n) is 14.3. The Labute approximate surface area is 244 Å². The van der Waals surface area contributed by atoms with Crippen LogP contribution in [-0.2, 0) is 0 Å². The van der Waals surface area contributed by atoms with E-state index in [1.807, 2.05) is 42.6 Å². The lowest BCUT2D eigenvalue weighted by atomic mass is 9.88. The Hall–Kier alpha value is -5.60. The fourth-order valence-electron chi connectivity index (χ4n) is 6.22. The number of benzene rings is 7. The summed E-state index contributed by atoms with van der Waals surface area (Å²) in [5.74, 6) is 0.727. The van der Waals surface area contributed by atoms with E-state index >= 15 is 0 Å². The van der Waals surface area contributed by atoms with Gasteiger partial charge in [-0.3, -0.25) is 0 Å². The standard InChI is InChI=1S/C40H26N2/c1-2-12-27(13-3-1)40-41-25-24-39(42-40)37-21-11-10-19-34(37)30-15-5-4-14-29(30)28-22-23-36-33-18-7-6-16-31(33)32-17-8-9-20-35(32)38(36)26-28/h1-26H. The Balaban J connectivity index is 1.32. The molecule has 0 aliphatic heterocycles. The zero-order chi connectivity index (χ0) is 27.9. The topological polar surface area (TPSA) is 25.8 Å². The van der Waals surface area contributed by atoms with Crippen LogP contribution in [0.2, 0.25) is 0 Å². The van der Waals surface area contributed by atoms with E-state index in [2.05, 4.69) is 120 Å². The van der Waals surface area contributed by atoms with Crippen LogP contribution >= 0.6 is 0 Å². The van der Waals surface area contributed by atoms with Crippen LogP contribution in [0.1, 0.15) is 0 Å². The first-order chi connectivity index (χ1) is 20.8. The van der Waals surface area contributed by atoms with Crippen LogP contribution in [0.15, 0.2) is 158 Å². The van der Waals surface area contributed by atoms with Gasteiger partial charge >= 0.3 is 0 Å². The molecule has 0 unspecified atom stereocenters. The fraction of sp³-hybridized carbons (Fsp3) is 0. The predicted octanol–water partition coefficient (Wildman–Crippen LogP) is 10.6. The maximum atomic E-state index is 4.99. The largest absolute Gasteiger partial charge is 0.237 e. The van der Waals surface area contributed by atoms with Crippen LogP contribution in [0.25, 0.3) is 77.2 Å². The summed E-state index contributed by atoms with van der Waals surface area (Å²) in [6, 6.07) is 53.8. The summed E-state index contributed by atoms with van der Waals surface area (Å²) in [4.78, 5) is 9.56. The van der Waals surface area contributed by atoms with E-state index in [0.29, 0.717) is 0 Å². The minimum Gasteiger partial charge on any atom is -0.237 e. The van der Waals surface area contributed by atoms with Crippen molar-refractivity contribution in [2.45, 2.75) is 0 Å². The van der Waals surface area contributed by atoms with Crippen LogP contribution in [0.4, 0.5) is 0 Å². The minimum absolute atomic E-state index is 0.727. The van der Waals surface area contributed by atoms with Crippen molar-refractivity contribution in [1.29, 1.82) is 0 Å². The molecule has 196 valence electrons. The molecule has 0 fully saturated rings. The van der Waals surface area contributed by atoms with Gasteiger partial charge in [0.2, 0.25) is 0 Å². The van der Waals surface area contributed by atoms with E-state index in [-0.39, 0.29) is 0 Å². The van der Waals surface area contributed by atoms with Crippen molar-refractivity contribution in [1.82, 2.24) is 9.97 Å². The van der Waals surface area contributed by atoms with Crippen LogP contribution in [-0.4, -0.2) is 9.97 Å². The Bertz CT molecular complexity index is 2210. The van der Waals surface area contributed by atoms with Gasteiger partial charge in [0.1, 0.15) is 0 Å². The summed E-state index contributed by atoms with van der Waals surface area (Å²) in [5.41, 5.74) is 7.72. The molecular formula is C40H26N2. The molecular weight excluding hydrogens is 508 g/mol. The molecule has 0 saturated carbocycles. The number of fused-ring (bicyclic) bond motifs is 6. The number of nitrogens with zero attached hydrogens (tertiary/aromatic N) is 2. The Kier molecular flexibility index (Phi) is 5.82. The van der Waals surface area contributed by atoms with Gasteiger partial charge in [0, 0.05) is 17.3 Å². The van der Waals surface area contributed by atoms with E-state index in [0.717, 1.165) is 28.2 Å². The molecule has 42 heavy (non-hydrogen) atoms. The molecule has 0 amide bonds. The highest BCUT2D eigenvalue weighted by molar-refractivity contribution is 6.25. The molecule has 0 bridgehead atoms. The summed E-state index contributed by atoms with van der Waals surface area (Å²) in [7, 11) is 0. The van der Waals surface area contributed by atoms with E-state index in [4.69, 9.17) is 4.98 Å². The number of aromatic nitrogens is 2. The molecule has 7 aromatic carbocycles. The second-order valence-corrected chi connectivity index (χ2v) is 10.6. The van der Waals surface area contributed by atoms with Crippen molar-refractivity contribution in [3.8, 4) is 44.9 Å². The van der Waals surface area contributed by atoms with Gasteiger partial charge in [-0.2, -0.15) is 0 Å². The molecule has 8 rings (SSSR count). The minimum atomic E-state index is 0.727. The summed E-state index contributed by atoms with van der Waals surface area (Å²) >= 11 is 0. The van der Waals surface area contributed by atoms with E-state index < -0.39 is 0 Å². The molecule has 1 aromatic heterocycles. The zero-order valence-electron chi connectivity index (χ0n) is 22.9. The molecule has 0 radical (unpaired) electrons. The van der Waals surface area contributed by atoms with Crippen LogP contribution in [0.5, 0.6) is 0 Å². The predicted molar refractivity (Wildman–Crippen MR) is 176 cm³/mol. The average Bonchev–Trinajstić information content (AvgIpc) is 3.09. The van der Waals surface area contributed by atoms with E-state index in [1.165, 1.54) is 49.0 Å². The molecule has 0 spiro atoms. The third-order valence-electron chi connectivity index (χ3n) is 8.16. The molecule has 0 aliphatic rings. The molecule has 0 saturated heterocycles. The molecule has 0 aliphatic carbocycles. The second-order valence-electron chi connectivity index (χ2n) is 10.6. The smallest absolute Gasteiger partial charge is 0.159 e. The van der Waals surface area contributed by atoms with Crippen molar-refractivity contribution in [3.63, 3.8) is 0 Å². The lowest BCUT2D eigenvalue weighted by Crippen LogP contribution is -1.94. The average molecular weight is 535 g/mol. The van der Waals surface area contributed by atoms with Gasteiger partial charge in [0.05, 0.1) is 5.69 Å². The Morgan fingerprint density at radius 3 is 1.50 bits per heavy atom. The van der Waals surface area contributed by atoms with Gasteiger partial charge in [-0.25, -0.2) is 9.97 Å². The van der Waals surface area contributed by atoms with Crippen molar-refractivity contribution >= 4 is 32.3 Å². The van der Waals surface area contributed by atoms with Crippen molar-refractivity contribution in [2.24, 2.45) is 0 Å². The summed E-state index contributed by atoms with van der Waals surface area (Å²) in [5, 5.41) is 7.69.